The Labute approximate surface area is 196 Å². The molecule has 0 bridgehead atoms. The number of benzene rings is 1. The van der Waals surface area contributed by atoms with Crippen molar-refractivity contribution in [3.8, 4) is 0 Å². The van der Waals surface area contributed by atoms with Gasteiger partial charge in [0.15, 0.2) is 0 Å². The summed E-state index contributed by atoms with van der Waals surface area (Å²) >= 11 is 0.904. The van der Waals surface area contributed by atoms with Gasteiger partial charge in [0.05, 0.1) is 10.6 Å². The van der Waals surface area contributed by atoms with Crippen molar-refractivity contribution in [1.82, 2.24) is 25.6 Å². The van der Waals surface area contributed by atoms with Gasteiger partial charge in [-0.3, -0.25) is 19.9 Å². The molecule has 33 heavy (non-hydrogen) atoms. The van der Waals surface area contributed by atoms with Gasteiger partial charge in [-0.1, -0.05) is 24.3 Å². The summed E-state index contributed by atoms with van der Waals surface area (Å²) in [5.41, 5.74) is 1.90. The largest absolute Gasteiger partial charge is 0.310 e. The minimum Gasteiger partial charge on any atom is -0.310 e. The highest BCUT2D eigenvalue weighted by Crippen LogP contribution is 2.28. The molecule has 2 aliphatic rings. The molecule has 1 aromatic carbocycles. The van der Waals surface area contributed by atoms with Gasteiger partial charge in [0.25, 0.3) is 11.1 Å². The molecule has 0 atom stereocenters. The van der Waals surface area contributed by atoms with Crippen LogP contribution in [0.1, 0.15) is 42.8 Å². The zero-order chi connectivity index (χ0) is 22.6. The topological polar surface area (TPSA) is 96.9 Å². The van der Waals surface area contributed by atoms with Gasteiger partial charge in [-0.15, -0.1) is 0 Å². The normalized spacial score (nSPS) is 22.1. The molecule has 0 unspecified atom stereocenters. The zero-order valence-corrected chi connectivity index (χ0v) is 19.0. The van der Waals surface area contributed by atoms with Gasteiger partial charge in [0, 0.05) is 43.0 Å². The molecule has 2 amide bonds. The van der Waals surface area contributed by atoms with Gasteiger partial charge >= 0.3 is 0 Å². The lowest BCUT2D eigenvalue weighted by atomic mass is 9.84. The van der Waals surface area contributed by atoms with E-state index in [1.807, 2.05) is 18.5 Å². The van der Waals surface area contributed by atoms with E-state index in [1.54, 1.807) is 18.3 Å². The Kier molecular flexibility index (Phi) is 6.46. The first kappa shape index (κ1) is 21.7. The molecule has 8 heteroatoms. The quantitative estimate of drug-likeness (QED) is 0.532. The third-order valence-corrected chi connectivity index (χ3v) is 7.11. The van der Waals surface area contributed by atoms with Crippen LogP contribution in [0.3, 0.4) is 0 Å². The first-order valence-electron chi connectivity index (χ1n) is 11.3. The number of nitrogens with zero attached hydrogens (tertiary/aromatic N) is 3. The summed E-state index contributed by atoms with van der Waals surface area (Å²) in [7, 11) is 0. The van der Waals surface area contributed by atoms with Crippen LogP contribution in [-0.4, -0.2) is 32.1 Å². The molecule has 1 aliphatic heterocycles. The van der Waals surface area contributed by atoms with Crippen LogP contribution in [0.25, 0.3) is 16.8 Å². The second-order valence-electron chi connectivity index (χ2n) is 8.57. The van der Waals surface area contributed by atoms with Gasteiger partial charge < -0.3 is 5.32 Å². The van der Waals surface area contributed by atoms with E-state index in [9.17, 15) is 9.59 Å². The molecule has 1 saturated heterocycles. The average Bonchev–Trinajstić information content (AvgIpc) is 3.15. The molecular formula is C25H25N5O2S. The minimum atomic E-state index is -0.365. The van der Waals surface area contributed by atoms with Crippen molar-refractivity contribution in [3.63, 3.8) is 0 Å². The molecule has 1 aliphatic carbocycles. The predicted octanol–water partition coefficient (Wildman–Crippen LogP) is 4.24. The van der Waals surface area contributed by atoms with Crippen molar-refractivity contribution < 1.29 is 9.59 Å². The molecule has 0 radical (unpaired) electrons. The van der Waals surface area contributed by atoms with Crippen LogP contribution < -0.4 is 10.6 Å². The lowest BCUT2D eigenvalue weighted by molar-refractivity contribution is -0.115. The fourth-order valence-corrected chi connectivity index (χ4v) is 5.22. The summed E-state index contributed by atoms with van der Waals surface area (Å²) in [6.45, 7) is 0.831. The van der Waals surface area contributed by atoms with E-state index in [1.165, 1.54) is 16.3 Å². The van der Waals surface area contributed by atoms with Crippen LogP contribution in [0.15, 0.2) is 53.8 Å². The van der Waals surface area contributed by atoms with Gasteiger partial charge in [-0.2, -0.15) is 0 Å². The van der Waals surface area contributed by atoms with E-state index >= 15 is 0 Å². The number of pyridine rings is 1. The minimum absolute atomic E-state index is 0.345. The smallest absolute Gasteiger partial charge is 0.290 e. The number of fused-ring (bicyclic) bond motifs is 1. The molecule has 3 aromatic rings. The maximum absolute atomic E-state index is 11.8. The van der Waals surface area contributed by atoms with Crippen LogP contribution in [0.5, 0.6) is 0 Å². The van der Waals surface area contributed by atoms with E-state index < -0.39 is 0 Å². The number of carbonyl (C=O) groups is 2. The molecule has 168 valence electrons. The number of imide groups is 1. The summed E-state index contributed by atoms with van der Waals surface area (Å²) in [6, 6.07) is 10.6. The first-order chi connectivity index (χ1) is 16.1. The predicted molar refractivity (Wildman–Crippen MR) is 129 cm³/mol. The maximum atomic E-state index is 11.8. The Morgan fingerprint density at radius 1 is 1.09 bits per heavy atom. The van der Waals surface area contributed by atoms with Crippen molar-refractivity contribution in [2.75, 3.05) is 0 Å². The van der Waals surface area contributed by atoms with Crippen LogP contribution in [0.4, 0.5) is 4.79 Å². The lowest BCUT2D eigenvalue weighted by Crippen LogP contribution is -2.33. The first-order valence-corrected chi connectivity index (χ1v) is 12.1. The highest BCUT2D eigenvalue weighted by atomic mass is 32.2. The number of hydrogen-bond donors (Lipinski definition) is 2. The van der Waals surface area contributed by atoms with Gasteiger partial charge in [0.1, 0.15) is 5.82 Å². The van der Waals surface area contributed by atoms with Crippen molar-refractivity contribution in [1.29, 1.82) is 0 Å². The van der Waals surface area contributed by atoms with E-state index in [0.29, 0.717) is 22.6 Å². The van der Waals surface area contributed by atoms with Gasteiger partial charge in [0.2, 0.25) is 0 Å². The third kappa shape index (κ3) is 5.29. The summed E-state index contributed by atoms with van der Waals surface area (Å²) in [4.78, 5) is 36.9. The lowest BCUT2D eigenvalue weighted by Gasteiger charge is -2.29. The van der Waals surface area contributed by atoms with Crippen molar-refractivity contribution in [3.05, 3.63) is 70.9 Å². The molecule has 5 rings (SSSR count). The second-order valence-corrected chi connectivity index (χ2v) is 9.59. The Hall–Kier alpha value is -3.10. The molecular weight excluding hydrogens is 434 g/mol. The summed E-state index contributed by atoms with van der Waals surface area (Å²) < 4.78 is 0. The van der Waals surface area contributed by atoms with E-state index in [2.05, 4.69) is 43.8 Å². The van der Waals surface area contributed by atoms with Crippen LogP contribution in [-0.2, 0) is 17.8 Å². The Morgan fingerprint density at radius 3 is 2.76 bits per heavy atom. The zero-order valence-electron chi connectivity index (χ0n) is 18.2. The highest BCUT2D eigenvalue weighted by Gasteiger charge is 2.25. The summed E-state index contributed by atoms with van der Waals surface area (Å²) in [5, 5.41) is 8.09. The fraction of sp³-hybridized carbons (Fsp3) is 0.320. The van der Waals surface area contributed by atoms with Crippen LogP contribution in [0.2, 0.25) is 0 Å². The number of nitrogens with one attached hydrogen (secondary N) is 2. The molecule has 2 N–H and O–H groups in total. The van der Waals surface area contributed by atoms with Crippen molar-refractivity contribution in [2.24, 2.45) is 5.92 Å². The Bertz CT molecular complexity index is 1210. The van der Waals surface area contributed by atoms with Gasteiger partial charge in [-0.05, 0) is 66.5 Å². The molecule has 7 nitrogen and oxygen atoms in total. The fourth-order valence-electron chi connectivity index (χ4n) is 4.55. The number of thioether (sulfide) groups is 1. The van der Waals surface area contributed by atoms with Crippen molar-refractivity contribution in [2.45, 2.75) is 44.7 Å². The van der Waals surface area contributed by atoms with E-state index in [0.717, 1.165) is 56.2 Å². The monoisotopic (exact) mass is 459 g/mol. The molecule has 3 heterocycles. The molecule has 2 fully saturated rings. The number of amides is 2. The molecule has 1 saturated carbocycles. The Balaban J connectivity index is 1.14. The average molecular weight is 460 g/mol. The SMILES string of the molecule is O=C1NC(=O)/C(=C/c2ccnc(CC3CCC(NCc4cncc5ccccc45)CC3)n2)S1. The highest BCUT2D eigenvalue weighted by molar-refractivity contribution is 8.18. The molecule has 2 aromatic heterocycles. The number of rotatable bonds is 6. The van der Waals surface area contributed by atoms with Crippen molar-refractivity contribution >= 4 is 39.8 Å². The van der Waals surface area contributed by atoms with E-state index in [-0.39, 0.29) is 11.1 Å². The number of aromatic nitrogens is 3. The van der Waals surface area contributed by atoms with Crippen LogP contribution in [0, 0.1) is 5.92 Å². The van der Waals surface area contributed by atoms with Crippen LogP contribution >= 0.6 is 11.8 Å². The molecule has 0 spiro atoms. The Morgan fingerprint density at radius 2 is 1.94 bits per heavy atom. The number of hydrogen-bond acceptors (Lipinski definition) is 7. The summed E-state index contributed by atoms with van der Waals surface area (Å²) in [6.07, 6.45) is 12.6. The van der Waals surface area contributed by atoms with Gasteiger partial charge in [-0.25, -0.2) is 9.97 Å². The second kappa shape index (κ2) is 9.80. The summed E-state index contributed by atoms with van der Waals surface area (Å²) in [5.74, 6) is 0.975. The van der Waals surface area contributed by atoms with E-state index in [4.69, 9.17) is 0 Å². The third-order valence-electron chi connectivity index (χ3n) is 6.30. The maximum Gasteiger partial charge on any atom is 0.290 e. The number of carbonyl (C=O) groups excluding carboxylic acids is 2. The standard InChI is InChI=1S/C25H25N5O2S/c31-24-22(33-25(32)30-24)12-20-9-10-27-23(29-20)11-16-5-7-19(8-6-16)28-15-18-14-26-13-17-3-1-2-4-21(17)18/h1-4,9-10,12-14,16,19,28H,5-8,11,15H2,(H,30,31,32)/b22-12-.